The molecule has 0 saturated carbocycles. The molecule has 1 amide bonds. The number of hydrogen-bond acceptors (Lipinski definition) is 4. The van der Waals surface area contributed by atoms with Gasteiger partial charge in [-0.25, -0.2) is 0 Å². The van der Waals surface area contributed by atoms with E-state index in [1.165, 1.54) is 17.0 Å². The molecule has 1 fully saturated rings. The lowest BCUT2D eigenvalue weighted by Gasteiger charge is -2.17. The van der Waals surface area contributed by atoms with Gasteiger partial charge < -0.3 is 10.0 Å². The number of aromatic hydroxyl groups is 1. The van der Waals surface area contributed by atoms with E-state index in [1.54, 1.807) is 0 Å². The Morgan fingerprint density at radius 1 is 1.56 bits per heavy atom. The molecule has 0 radical (unpaired) electrons. The molecule has 1 N–H and O–H groups in total. The number of hydrogen-bond donors (Lipinski definition) is 1. The monoisotopic (exact) mass is 270 g/mol. The number of alkyl halides is 1. The van der Waals surface area contributed by atoms with Crippen LogP contribution >= 0.6 is 11.6 Å². The highest BCUT2D eigenvalue weighted by Crippen LogP contribution is 2.34. The van der Waals surface area contributed by atoms with Gasteiger partial charge >= 0.3 is 0 Å². The third kappa shape index (κ3) is 2.24. The van der Waals surface area contributed by atoms with Crippen LogP contribution in [-0.4, -0.2) is 28.4 Å². The van der Waals surface area contributed by atoms with E-state index in [0.717, 1.165) is 6.07 Å². The number of phenols is 1. The van der Waals surface area contributed by atoms with Gasteiger partial charge in [-0.2, -0.15) is 0 Å². The van der Waals surface area contributed by atoms with E-state index in [0.29, 0.717) is 24.5 Å². The van der Waals surface area contributed by atoms with E-state index in [-0.39, 0.29) is 23.3 Å². The number of nitro groups is 1. The number of nitrogens with zero attached hydrogens (tertiary/aromatic N) is 2. The van der Waals surface area contributed by atoms with Gasteiger partial charge in [0.2, 0.25) is 5.91 Å². The van der Waals surface area contributed by atoms with Crippen molar-refractivity contribution in [3.05, 3.63) is 28.3 Å². The van der Waals surface area contributed by atoms with Crippen molar-refractivity contribution >= 4 is 28.9 Å². The van der Waals surface area contributed by atoms with Gasteiger partial charge in [-0.15, -0.1) is 11.6 Å². The predicted molar refractivity (Wildman–Crippen MR) is 65.9 cm³/mol. The zero-order valence-electron chi connectivity index (χ0n) is 9.38. The van der Waals surface area contributed by atoms with E-state index in [2.05, 4.69) is 0 Å². The number of benzene rings is 1. The molecular weight excluding hydrogens is 260 g/mol. The fourth-order valence-corrected chi connectivity index (χ4v) is 2.18. The molecule has 18 heavy (non-hydrogen) atoms. The Hall–Kier alpha value is -1.82. The van der Waals surface area contributed by atoms with E-state index in [1.807, 2.05) is 0 Å². The molecule has 7 heteroatoms. The summed E-state index contributed by atoms with van der Waals surface area (Å²) in [4.78, 5) is 23.1. The van der Waals surface area contributed by atoms with E-state index >= 15 is 0 Å². The summed E-state index contributed by atoms with van der Waals surface area (Å²) in [5.41, 5.74) is 0.0787. The number of nitro benzene ring substituents is 1. The van der Waals surface area contributed by atoms with Gasteiger partial charge in [0.25, 0.3) is 5.69 Å². The van der Waals surface area contributed by atoms with Gasteiger partial charge in [0.15, 0.2) is 0 Å². The minimum atomic E-state index is -0.600. The summed E-state index contributed by atoms with van der Waals surface area (Å²) >= 11 is 5.70. The summed E-state index contributed by atoms with van der Waals surface area (Å²) in [6.07, 6.45) is 0.333. The number of rotatable bonds is 3. The lowest BCUT2D eigenvalue weighted by atomic mass is 10.1. The smallest absolute Gasteiger partial charge is 0.273 e. The maximum absolute atomic E-state index is 11.7. The highest BCUT2D eigenvalue weighted by molar-refractivity contribution is 6.18. The topological polar surface area (TPSA) is 83.7 Å². The lowest BCUT2D eigenvalue weighted by molar-refractivity contribution is -0.384. The second kappa shape index (κ2) is 4.81. The van der Waals surface area contributed by atoms with Crippen molar-refractivity contribution in [3.8, 4) is 5.75 Å². The molecule has 1 atom stereocenters. The van der Waals surface area contributed by atoms with Crippen molar-refractivity contribution in [2.75, 3.05) is 17.3 Å². The van der Waals surface area contributed by atoms with Crippen LogP contribution in [0.15, 0.2) is 18.2 Å². The molecule has 1 aliphatic rings. The van der Waals surface area contributed by atoms with Gasteiger partial charge in [-0.3, -0.25) is 14.9 Å². The van der Waals surface area contributed by atoms with Crippen LogP contribution in [0.1, 0.15) is 6.42 Å². The van der Waals surface area contributed by atoms with Crippen LogP contribution in [0, 0.1) is 16.0 Å². The molecule has 0 spiro atoms. The Balaban J connectivity index is 2.29. The van der Waals surface area contributed by atoms with Crippen LogP contribution < -0.4 is 4.90 Å². The Labute approximate surface area is 108 Å². The van der Waals surface area contributed by atoms with Crippen LogP contribution in [0.5, 0.6) is 5.75 Å². The second-order valence-corrected chi connectivity index (χ2v) is 4.47. The minimum absolute atomic E-state index is 0.0498. The van der Waals surface area contributed by atoms with Crippen molar-refractivity contribution in [2.24, 2.45) is 5.92 Å². The Kier molecular flexibility index (Phi) is 3.38. The third-order valence-electron chi connectivity index (χ3n) is 2.88. The van der Waals surface area contributed by atoms with Gasteiger partial charge in [0.05, 0.1) is 16.7 Å². The maximum atomic E-state index is 11.7. The number of anilines is 1. The first-order valence-corrected chi connectivity index (χ1v) is 5.90. The van der Waals surface area contributed by atoms with Gasteiger partial charge in [-0.1, -0.05) is 0 Å². The summed E-state index contributed by atoms with van der Waals surface area (Å²) in [6.45, 7) is 0.424. The summed E-state index contributed by atoms with van der Waals surface area (Å²) in [5.74, 6) is 0.0158. The molecule has 1 aromatic rings. The lowest BCUT2D eigenvalue weighted by Crippen LogP contribution is -2.24. The second-order valence-electron chi connectivity index (χ2n) is 4.16. The number of carbonyl (C=O) groups is 1. The van der Waals surface area contributed by atoms with Crippen LogP contribution in [0.25, 0.3) is 0 Å². The molecule has 1 heterocycles. The highest BCUT2D eigenvalue weighted by atomic mass is 35.5. The van der Waals surface area contributed by atoms with Gasteiger partial charge in [0, 0.05) is 24.9 Å². The molecule has 1 unspecified atom stereocenters. The molecule has 1 aliphatic heterocycles. The Morgan fingerprint density at radius 3 is 2.78 bits per heavy atom. The first-order valence-electron chi connectivity index (χ1n) is 5.36. The third-order valence-corrected chi connectivity index (χ3v) is 3.32. The quantitative estimate of drug-likeness (QED) is 0.516. The predicted octanol–water partition coefficient (Wildman–Crippen LogP) is 1.89. The number of halogens is 1. The molecule has 1 aromatic carbocycles. The zero-order chi connectivity index (χ0) is 13.3. The largest absolute Gasteiger partial charge is 0.505 e. The Bertz CT molecular complexity index is 506. The summed E-state index contributed by atoms with van der Waals surface area (Å²) in [6, 6.07) is 3.68. The van der Waals surface area contributed by atoms with Crippen molar-refractivity contribution in [3.63, 3.8) is 0 Å². The fourth-order valence-electron chi connectivity index (χ4n) is 1.97. The minimum Gasteiger partial charge on any atom is -0.505 e. The summed E-state index contributed by atoms with van der Waals surface area (Å²) in [5, 5.41) is 20.3. The number of amides is 1. The van der Waals surface area contributed by atoms with Crippen LogP contribution in [-0.2, 0) is 4.79 Å². The molecular formula is C11H11ClN2O4. The van der Waals surface area contributed by atoms with E-state index < -0.39 is 4.92 Å². The SMILES string of the molecule is O=C1CC(CCl)CN1c1ccc([N+](=O)[O-])cc1O. The molecule has 0 bridgehead atoms. The molecule has 0 aromatic heterocycles. The van der Waals surface area contributed by atoms with Crippen molar-refractivity contribution in [1.29, 1.82) is 0 Å². The van der Waals surface area contributed by atoms with Crippen LogP contribution in [0.4, 0.5) is 11.4 Å². The average Bonchev–Trinajstić information content (AvgIpc) is 2.70. The van der Waals surface area contributed by atoms with Crippen LogP contribution in [0.2, 0.25) is 0 Å². The normalized spacial score (nSPS) is 19.3. The maximum Gasteiger partial charge on any atom is 0.273 e. The van der Waals surface area contributed by atoms with Crippen molar-refractivity contribution in [2.45, 2.75) is 6.42 Å². The summed E-state index contributed by atoms with van der Waals surface area (Å²) in [7, 11) is 0. The zero-order valence-corrected chi connectivity index (χ0v) is 10.1. The molecule has 1 saturated heterocycles. The molecule has 0 aliphatic carbocycles. The number of carbonyl (C=O) groups excluding carboxylic acids is 1. The number of non-ortho nitro benzene ring substituents is 1. The fraction of sp³-hybridized carbons (Fsp3) is 0.364. The first kappa shape index (κ1) is 12.6. The van der Waals surface area contributed by atoms with Crippen LogP contribution in [0.3, 0.4) is 0 Å². The molecule has 6 nitrogen and oxygen atoms in total. The Morgan fingerprint density at radius 2 is 2.28 bits per heavy atom. The number of phenolic OH excluding ortho intramolecular Hbond substituents is 1. The van der Waals surface area contributed by atoms with Crippen molar-refractivity contribution in [1.82, 2.24) is 0 Å². The van der Waals surface area contributed by atoms with Gasteiger partial charge in [0.1, 0.15) is 5.75 Å². The first-order chi connectivity index (χ1) is 8.52. The highest BCUT2D eigenvalue weighted by Gasteiger charge is 2.31. The van der Waals surface area contributed by atoms with Crippen molar-refractivity contribution < 1.29 is 14.8 Å². The standard InChI is InChI=1S/C11H11ClN2O4/c12-5-7-3-11(16)13(6-7)9-2-1-8(14(17)18)4-10(9)15/h1-2,4,7,15H,3,5-6H2. The summed E-state index contributed by atoms with van der Waals surface area (Å²) < 4.78 is 0. The van der Waals surface area contributed by atoms with E-state index in [4.69, 9.17) is 11.6 Å². The van der Waals surface area contributed by atoms with Gasteiger partial charge in [-0.05, 0) is 12.0 Å². The average molecular weight is 271 g/mol. The van der Waals surface area contributed by atoms with E-state index in [9.17, 15) is 20.0 Å². The molecule has 2 rings (SSSR count). The molecule has 96 valence electrons.